The molecule has 5 nitrogen and oxygen atoms in total. The van der Waals surface area contributed by atoms with Gasteiger partial charge in [-0.05, 0) is 43.3 Å². The number of aromatic nitrogens is 3. The number of alkyl halides is 3. The summed E-state index contributed by atoms with van der Waals surface area (Å²) in [5, 5.41) is 2.76. The zero-order valence-electron chi connectivity index (χ0n) is 12.8. The van der Waals surface area contributed by atoms with Crippen molar-refractivity contribution in [3.63, 3.8) is 0 Å². The van der Waals surface area contributed by atoms with E-state index in [1.54, 1.807) is 6.07 Å². The van der Waals surface area contributed by atoms with Crippen molar-refractivity contribution in [2.75, 3.05) is 5.32 Å². The molecule has 3 rings (SSSR count). The Hall–Kier alpha value is -2.81. The summed E-state index contributed by atoms with van der Waals surface area (Å²) < 4.78 is 41.7. The van der Waals surface area contributed by atoms with Gasteiger partial charge in [0, 0.05) is 22.8 Å². The lowest BCUT2D eigenvalue weighted by molar-refractivity contribution is -0.137. The Morgan fingerprint density at radius 2 is 1.80 bits per heavy atom. The summed E-state index contributed by atoms with van der Waals surface area (Å²) in [6.07, 6.45) is -4.44. The fourth-order valence-electron chi connectivity index (χ4n) is 2.03. The number of carbonyl (C=O) groups is 1. The fraction of sp³-hybridized carbons (Fsp3) is 0.125. The lowest BCUT2D eigenvalue weighted by Crippen LogP contribution is -2.12. The van der Waals surface area contributed by atoms with E-state index in [4.69, 9.17) is 0 Å². The van der Waals surface area contributed by atoms with E-state index in [1.807, 2.05) is 19.1 Å². The molecule has 1 N–H and O–H groups in total. The van der Waals surface area contributed by atoms with Gasteiger partial charge in [-0.3, -0.25) is 10.1 Å². The quantitative estimate of drug-likeness (QED) is 0.757. The molecule has 0 bridgehead atoms. The van der Waals surface area contributed by atoms with Gasteiger partial charge in [-0.2, -0.15) is 22.5 Å². The van der Waals surface area contributed by atoms with E-state index in [1.165, 1.54) is 0 Å². The number of hydrogen-bond donors (Lipinski definition) is 1. The zero-order valence-corrected chi connectivity index (χ0v) is 13.6. The van der Waals surface area contributed by atoms with E-state index in [9.17, 15) is 18.0 Å². The Morgan fingerprint density at radius 1 is 1.08 bits per heavy atom. The number of carbonyl (C=O) groups excluding carboxylic acids is 1. The summed E-state index contributed by atoms with van der Waals surface area (Å²) in [6.45, 7) is 1.84. The molecule has 2 heterocycles. The Bertz CT molecular complexity index is 906. The number of aryl methyl sites for hydroxylation is 1. The standard InChI is InChI=1S/C16H11F3N4OS/c1-9-3-2-4-12(20-9)13-21-15(25-23-13)22-14(24)10-5-7-11(8-6-10)16(17,18)19/h2-8H,1H3,(H,21,22,23,24). The molecule has 0 aliphatic heterocycles. The number of rotatable bonds is 3. The van der Waals surface area contributed by atoms with Crippen molar-refractivity contribution in [1.29, 1.82) is 0 Å². The molecular weight excluding hydrogens is 353 g/mol. The Morgan fingerprint density at radius 3 is 2.44 bits per heavy atom. The molecule has 1 amide bonds. The van der Waals surface area contributed by atoms with Crippen molar-refractivity contribution in [3.8, 4) is 11.5 Å². The van der Waals surface area contributed by atoms with Gasteiger partial charge in [-0.15, -0.1) is 0 Å². The van der Waals surface area contributed by atoms with Gasteiger partial charge in [0.05, 0.1) is 5.56 Å². The number of nitrogens with zero attached hydrogens (tertiary/aromatic N) is 3. The van der Waals surface area contributed by atoms with Crippen LogP contribution in [-0.2, 0) is 6.18 Å². The van der Waals surface area contributed by atoms with Crippen LogP contribution in [0.15, 0.2) is 42.5 Å². The van der Waals surface area contributed by atoms with Crippen LogP contribution in [0, 0.1) is 6.92 Å². The van der Waals surface area contributed by atoms with E-state index in [-0.39, 0.29) is 10.7 Å². The van der Waals surface area contributed by atoms with Crippen LogP contribution < -0.4 is 5.32 Å². The molecule has 0 aliphatic rings. The van der Waals surface area contributed by atoms with E-state index in [0.717, 1.165) is 41.5 Å². The number of anilines is 1. The van der Waals surface area contributed by atoms with Gasteiger partial charge < -0.3 is 0 Å². The fourth-order valence-corrected chi connectivity index (χ4v) is 2.60. The molecule has 25 heavy (non-hydrogen) atoms. The van der Waals surface area contributed by atoms with Crippen molar-refractivity contribution >= 4 is 22.6 Å². The molecule has 9 heteroatoms. The van der Waals surface area contributed by atoms with Crippen molar-refractivity contribution < 1.29 is 18.0 Å². The third-order valence-corrected chi connectivity index (χ3v) is 3.87. The number of nitrogens with one attached hydrogen (secondary N) is 1. The Kier molecular flexibility index (Phi) is 4.49. The highest BCUT2D eigenvalue weighted by Gasteiger charge is 2.30. The highest BCUT2D eigenvalue weighted by atomic mass is 32.1. The van der Waals surface area contributed by atoms with Crippen LogP contribution >= 0.6 is 11.5 Å². The van der Waals surface area contributed by atoms with Crippen LogP contribution in [0.1, 0.15) is 21.6 Å². The molecule has 0 atom stereocenters. The predicted octanol–water partition coefficient (Wildman–Crippen LogP) is 4.18. The van der Waals surface area contributed by atoms with Gasteiger partial charge >= 0.3 is 6.18 Å². The first kappa shape index (κ1) is 17.0. The molecule has 1 aromatic carbocycles. The summed E-state index contributed by atoms with van der Waals surface area (Å²) in [4.78, 5) is 20.6. The van der Waals surface area contributed by atoms with Crippen LogP contribution in [0.2, 0.25) is 0 Å². The molecule has 128 valence electrons. The first-order valence-electron chi connectivity index (χ1n) is 7.09. The van der Waals surface area contributed by atoms with Gasteiger partial charge in [0.15, 0.2) is 5.82 Å². The normalized spacial score (nSPS) is 11.4. The smallest absolute Gasteiger partial charge is 0.297 e. The van der Waals surface area contributed by atoms with Crippen LogP contribution in [0.5, 0.6) is 0 Å². The van der Waals surface area contributed by atoms with Crippen molar-refractivity contribution in [1.82, 2.24) is 14.3 Å². The maximum absolute atomic E-state index is 12.5. The van der Waals surface area contributed by atoms with Gasteiger partial charge in [-0.25, -0.2) is 4.98 Å². The van der Waals surface area contributed by atoms with Crippen LogP contribution in [0.4, 0.5) is 18.3 Å². The Labute approximate surface area is 144 Å². The van der Waals surface area contributed by atoms with Crippen LogP contribution in [0.3, 0.4) is 0 Å². The van der Waals surface area contributed by atoms with E-state index in [0.29, 0.717) is 11.5 Å². The summed E-state index contributed by atoms with van der Waals surface area (Å²) in [5.41, 5.74) is 0.667. The highest BCUT2D eigenvalue weighted by Crippen LogP contribution is 2.29. The molecule has 0 unspecified atom stereocenters. The summed E-state index contributed by atoms with van der Waals surface area (Å²) in [7, 11) is 0. The second-order valence-electron chi connectivity index (χ2n) is 5.12. The molecule has 0 fully saturated rings. The molecule has 3 aromatic rings. The third kappa shape index (κ3) is 4.00. The van der Waals surface area contributed by atoms with Gasteiger partial charge in [0.1, 0.15) is 5.69 Å². The second-order valence-corrected chi connectivity index (χ2v) is 5.87. The Balaban J connectivity index is 1.73. The maximum atomic E-state index is 12.5. The minimum Gasteiger partial charge on any atom is -0.297 e. The predicted molar refractivity (Wildman–Crippen MR) is 87.3 cm³/mol. The SMILES string of the molecule is Cc1cccc(-c2nsc(NC(=O)c3ccc(C(F)(F)F)cc3)n2)n1. The average Bonchev–Trinajstić information content (AvgIpc) is 3.03. The number of amides is 1. The van der Waals surface area contributed by atoms with E-state index < -0.39 is 17.6 Å². The molecule has 0 aliphatic carbocycles. The van der Waals surface area contributed by atoms with Gasteiger partial charge in [-0.1, -0.05) is 6.07 Å². The van der Waals surface area contributed by atoms with E-state index >= 15 is 0 Å². The molecule has 0 radical (unpaired) electrons. The molecule has 0 saturated heterocycles. The number of benzene rings is 1. The van der Waals surface area contributed by atoms with Gasteiger partial charge in [0.25, 0.3) is 5.91 Å². The van der Waals surface area contributed by atoms with E-state index in [2.05, 4.69) is 19.7 Å². The first-order chi connectivity index (χ1) is 11.8. The number of pyridine rings is 1. The average molecular weight is 364 g/mol. The van der Waals surface area contributed by atoms with Crippen molar-refractivity contribution in [3.05, 3.63) is 59.3 Å². The molecule has 2 aromatic heterocycles. The summed E-state index contributed by atoms with van der Waals surface area (Å²) in [5.74, 6) is -0.190. The zero-order chi connectivity index (χ0) is 18.0. The second kappa shape index (κ2) is 6.60. The monoisotopic (exact) mass is 364 g/mol. The molecule has 0 spiro atoms. The minimum atomic E-state index is -4.44. The minimum absolute atomic E-state index is 0.0958. The largest absolute Gasteiger partial charge is 0.416 e. The number of hydrogen-bond acceptors (Lipinski definition) is 5. The number of halogens is 3. The van der Waals surface area contributed by atoms with Crippen LogP contribution in [0.25, 0.3) is 11.5 Å². The lowest BCUT2D eigenvalue weighted by atomic mass is 10.1. The third-order valence-electron chi connectivity index (χ3n) is 3.24. The maximum Gasteiger partial charge on any atom is 0.416 e. The van der Waals surface area contributed by atoms with Crippen molar-refractivity contribution in [2.24, 2.45) is 0 Å². The molecular formula is C16H11F3N4OS. The summed E-state index contributed by atoms with van der Waals surface area (Å²) >= 11 is 0.968. The lowest BCUT2D eigenvalue weighted by Gasteiger charge is -2.07. The first-order valence-corrected chi connectivity index (χ1v) is 7.86. The van der Waals surface area contributed by atoms with Crippen LogP contribution in [-0.4, -0.2) is 20.2 Å². The van der Waals surface area contributed by atoms with Crippen molar-refractivity contribution in [2.45, 2.75) is 13.1 Å². The molecule has 0 saturated carbocycles. The highest BCUT2D eigenvalue weighted by molar-refractivity contribution is 7.10. The topological polar surface area (TPSA) is 67.8 Å². The van der Waals surface area contributed by atoms with Gasteiger partial charge in [0.2, 0.25) is 5.13 Å². The summed E-state index contributed by atoms with van der Waals surface area (Å²) in [6, 6.07) is 9.34.